The van der Waals surface area contributed by atoms with Crippen molar-refractivity contribution in [2.75, 3.05) is 4.90 Å². The van der Waals surface area contributed by atoms with E-state index in [1.807, 2.05) is 24.3 Å². The highest BCUT2D eigenvalue weighted by molar-refractivity contribution is 6.42. The number of Topliss-reactive ketones (excluding diaryl/α,β-unsaturated/α-hetero) is 2. The van der Waals surface area contributed by atoms with E-state index < -0.39 is 46.9 Å². The van der Waals surface area contributed by atoms with Crippen molar-refractivity contribution in [3.63, 3.8) is 0 Å². The van der Waals surface area contributed by atoms with Crippen molar-refractivity contribution in [3.8, 4) is 0 Å². The molecule has 2 heterocycles. The van der Waals surface area contributed by atoms with Gasteiger partial charge in [0.2, 0.25) is 29.0 Å². The SMILES string of the molecule is CC(C)c1ccc(C2OC3(C(=O)c4ccccc4C3=O)C3C(=O)N(c4ccc(Cl)c(Cl)c4)C(=O)C23)cc1. The fourth-order valence-corrected chi connectivity index (χ4v) is 6.06. The average molecular weight is 534 g/mol. The molecule has 0 bridgehead atoms. The van der Waals surface area contributed by atoms with Crippen molar-refractivity contribution in [1.29, 1.82) is 0 Å². The zero-order chi connectivity index (χ0) is 26.2. The summed E-state index contributed by atoms with van der Waals surface area (Å²) in [7, 11) is 0. The lowest BCUT2D eigenvalue weighted by atomic mass is 9.77. The van der Waals surface area contributed by atoms with Crippen LogP contribution in [0.2, 0.25) is 10.0 Å². The molecule has 6 rings (SSSR count). The highest BCUT2D eigenvalue weighted by atomic mass is 35.5. The molecule has 3 aromatic carbocycles. The second kappa shape index (κ2) is 8.35. The molecule has 186 valence electrons. The van der Waals surface area contributed by atoms with Crippen LogP contribution in [0.15, 0.2) is 66.7 Å². The summed E-state index contributed by atoms with van der Waals surface area (Å²) in [4.78, 5) is 56.5. The Morgan fingerprint density at radius 3 is 2.00 bits per heavy atom. The maximum atomic E-state index is 14.0. The van der Waals surface area contributed by atoms with Gasteiger partial charge >= 0.3 is 0 Å². The lowest BCUT2D eigenvalue weighted by Crippen LogP contribution is -2.51. The van der Waals surface area contributed by atoms with E-state index in [4.69, 9.17) is 27.9 Å². The van der Waals surface area contributed by atoms with Crippen LogP contribution in [-0.4, -0.2) is 29.0 Å². The summed E-state index contributed by atoms with van der Waals surface area (Å²) in [6.07, 6.45) is -0.974. The number of hydrogen-bond donors (Lipinski definition) is 0. The third-order valence-corrected chi connectivity index (χ3v) is 8.35. The van der Waals surface area contributed by atoms with Gasteiger partial charge in [-0.05, 0) is 35.2 Å². The molecule has 0 aromatic heterocycles. The summed E-state index contributed by atoms with van der Waals surface area (Å²) in [5, 5.41) is 0.438. The molecular formula is C29H21Cl2NO5. The van der Waals surface area contributed by atoms with Crippen LogP contribution in [0.3, 0.4) is 0 Å². The van der Waals surface area contributed by atoms with Gasteiger partial charge in [-0.3, -0.25) is 19.2 Å². The van der Waals surface area contributed by atoms with Gasteiger partial charge in [0.05, 0.1) is 33.7 Å². The first kappa shape index (κ1) is 24.0. The number of carbonyl (C=O) groups is 4. The third-order valence-electron chi connectivity index (χ3n) is 7.61. The van der Waals surface area contributed by atoms with Crippen LogP contribution in [0.25, 0.3) is 0 Å². The largest absolute Gasteiger partial charge is 0.349 e. The number of ketones is 2. The van der Waals surface area contributed by atoms with E-state index in [1.165, 1.54) is 18.2 Å². The fraction of sp³-hybridized carbons (Fsp3) is 0.241. The first-order valence-corrected chi connectivity index (χ1v) is 12.7. The molecule has 2 amide bonds. The summed E-state index contributed by atoms with van der Waals surface area (Å²) < 4.78 is 6.32. The lowest BCUT2D eigenvalue weighted by molar-refractivity contribution is -0.127. The molecule has 0 saturated carbocycles. The van der Waals surface area contributed by atoms with Crippen molar-refractivity contribution in [3.05, 3.63) is 99.0 Å². The van der Waals surface area contributed by atoms with E-state index in [2.05, 4.69) is 13.8 Å². The molecule has 3 aliphatic rings. The van der Waals surface area contributed by atoms with E-state index >= 15 is 0 Å². The van der Waals surface area contributed by atoms with Gasteiger partial charge in [-0.2, -0.15) is 0 Å². The molecule has 3 atom stereocenters. The van der Waals surface area contributed by atoms with E-state index in [0.29, 0.717) is 5.56 Å². The van der Waals surface area contributed by atoms with Crippen molar-refractivity contribution in [1.82, 2.24) is 0 Å². The molecule has 2 aliphatic heterocycles. The predicted octanol–water partition coefficient (Wildman–Crippen LogP) is 5.81. The van der Waals surface area contributed by atoms with Gasteiger partial charge < -0.3 is 4.74 Å². The summed E-state index contributed by atoms with van der Waals surface area (Å²) >= 11 is 12.2. The number of amides is 2. The molecular weight excluding hydrogens is 513 g/mol. The van der Waals surface area contributed by atoms with Crippen LogP contribution < -0.4 is 4.90 Å². The average Bonchev–Trinajstić information content (AvgIpc) is 3.46. The quantitative estimate of drug-likeness (QED) is 0.313. The number of rotatable bonds is 3. The molecule has 3 unspecified atom stereocenters. The Balaban J connectivity index is 1.52. The van der Waals surface area contributed by atoms with Gasteiger partial charge in [0.15, 0.2) is 0 Å². The van der Waals surface area contributed by atoms with Gasteiger partial charge in [0, 0.05) is 11.1 Å². The van der Waals surface area contributed by atoms with E-state index in [0.717, 1.165) is 10.5 Å². The second-order valence-electron chi connectivity index (χ2n) is 9.91. The number of anilines is 1. The van der Waals surface area contributed by atoms with Gasteiger partial charge in [-0.15, -0.1) is 0 Å². The summed E-state index contributed by atoms with van der Waals surface area (Å²) in [6, 6.07) is 18.3. The first-order chi connectivity index (χ1) is 17.7. The van der Waals surface area contributed by atoms with Crippen molar-refractivity contribution in [2.45, 2.75) is 31.5 Å². The molecule has 0 N–H and O–H groups in total. The number of nitrogens with zero attached hydrogens (tertiary/aromatic N) is 1. The number of imide groups is 1. The van der Waals surface area contributed by atoms with E-state index in [-0.39, 0.29) is 32.8 Å². The molecule has 3 aromatic rings. The Hall–Kier alpha value is -3.32. The molecule has 6 nitrogen and oxygen atoms in total. The first-order valence-electron chi connectivity index (χ1n) is 12.0. The van der Waals surface area contributed by atoms with Crippen LogP contribution in [-0.2, 0) is 14.3 Å². The highest BCUT2D eigenvalue weighted by Crippen LogP contribution is 2.57. The van der Waals surface area contributed by atoms with Crippen LogP contribution in [0.1, 0.15) is 57.7 Å². The predicted molar refractivity (Wildman–Crippen MR) is 138 cm³/mol. The number of ether oxygens (including phenoxy) is 1. The normalized spacial score (nSPS) is 23.9. The Morgan fingerprint density at radius 2 is 1.43 bits per heavy atom. The van der Waals surface area contributed by atoms with Crippen molar-refractivity contribution in [2.24, 2.45) is 11.8 Å². The minimum atomic E-state index is -2.12. The zero-order valence-corrected chi connectivity index (χ0v) is 21.4. The van der Waals surface area contributed by atoms with Crippen molar-refractivity contribution < 1.29 is 23.9 Å². The monoisotopic (exact) mass is 533 g/mol. The van der Waals surface area contributed by atoms with Gasteiger partial charge in [-0.25, -0.2) is 4.90 Å². The number of benzene rings is 3. The Kier molecular flexibility index (Phi) is 5.42. The molecule has 1 spiro atoms. The lowest BCUT2D eigenvalue weighted by Gasteiger charge is -2.27. The number of fused-ring (bicyclic) bond motifs is 3. The Bertz CT molecular complexity index is 1480. The Morgan fingerprint density at radius 1 is 0.811 bits per heavy atom. The number of carbonyl (C=O) groups excluding carboxylic acids is 4. The number of halogens is 2. The summed E-state index contributed by atoms with van der Waals surface area (Å²) in [5.74, 6) is -4.54. The van der Waals surface area contributed by atoms with Crippen LogP contribution in [0, 0.1) is 11.8 Å². The number of hydrogen-bond acceptors (Lipinski definition) is 5. The van der Waals surface area contributed by atoms with E-state index in [9.17, 15) is 19.2 Å². The molecule has 2 fully saturated rings. The Labute approximate surface area is 223 Å². The maximum Gasteiger partial charge on any atom is 0.241 e. The van der Waals surface area contributed by atoms with Crippen molar-refractivity contribution >= 4 is 52.3 Å². The van der Waals surface area contributed by atoms with Gasteiger partial charge in [0.25, 0.3) is 0 Å². The van der Waals surface area contributed by atoms with Gasteiger partial charge in [-0.1, -0.05) is 85.6 Å². The van der Waals surface area contributed by atoms with Crippen LogP contribution >= 0.6 is 23.2 Å². The molecule has 1 aliphatic carbocycles. The summed E-state index contributed by atoms with van der Waals surface area (Å²) in [5.41, 5.74) is 0.182. The van der Waals surface area contributed by atoms with Gasteiger partial charge in [0.1, 0.15) is 0 Å². The fourth-order valence-electron chi connectivity index (χ4n) is 5.77. The smallest absolute Gasteiger partial charge is 0.241 e. The zero-order valence-electron chi connectivity index (χ0n) is 19.9. The third kappa shape index (κ3) is 3.22. The minimum Gasteiger partial charge on any atom is -0.349 e. The minimum absolute atomic E-state index is 0.170. The highest BCUT2D eigenvalue weighted by Gasteiger charge is 2.74. The topological polar surface area (TPSA) is 80.8 Å². The molecule has 37 heavy (non-hydrogen) atoms. The van der Waals surface area contributed by atoms with Crippen LogP contribution in [0.4, 0.5) is 5.69 Å². The molecule has 2 saturated heterocycles. The maximum absolute atomic E-state index is 14.0. The van der Waals surface area contributed by atoms with Crippen LogP contribution in [0.5, 0.6) is 0 Å². The van der Waals surface area contributed by atoms with E-state index in [1.54, 1.807) is 24.3 Å². The standard InChI is InChI=1S/C29H21Cl2NO5/c1-14(2)15-7-9-16(10-8-15)24-22-23(28(36)32(27(22)35)17-11-12-20(30)21(31)13-17)29(37-24)25(33)18-5-3-4-6-19(18)26(29)34/h3-14,22-24H,1-2H3. The second-order valence-corrected chi connectivity index (χ2v) is 10.7. The molecule has 8 heteroatoms. The summed E-state index contributed by atoms with van der Waals surface area (Å²) in [6.45, 7) is 4.13. The molecule has 0 radical (unpaired) electrons.